The van der Waals surface area contributed by atoms with Gasteiger partial charge in [0.25, 0.3) is 0 Å². The van der Waals surface area contributed by atoms with Gasteiger partial charge in [0.05, 0.1) is 19.3 Å². The van der Waals surface area contributed by atoms with Crippen molar-refractivity contribution in [3.05, 3.63) is 71.7 Å². The molecule has 1 aliphatic heterocycles. The zero-order valence-electron chi connectivity index (χ0n) is 20.0. The number of hydrogen-bond donors (Lipinski definition) is 3. The van der Waals surface area contributed by atoms with Gasteiger partial charge >= 0.3 is 0 Å². The van der Waals surface area contributed by atoms with E-state index in [0.29, 0.717) is 26.2 Å². The van der Waals surface area contributed by atoms with Gasteiger partial charge in [-0.1, -0.05) is 6.07 Å². The molecule has 4 rings (SSSR count). The summed E-state index contributed by atoms with van der Waals surface area (Å²) >= 11 is 0. The number of rotatable bonds is 9. The van der Waals surface area contributed by atoms with Gasteiger partial charge in [0, 0.05) is 62.2 Å². The maximum atomic E-state index is 14.9. The van der Waals surface area contributed by atoms with Crippen LogP contribution in [0.4, 0.5) is 8.78 Å². The summed E-state index contributed by atoms with van der Waals surface area (Å²) in [5, 5.41) is 13.2. The number of hydrazine groups is 1. The number of aromatic nitrogens is 2. The van der Waals surface area contributed by atoms with Crippen molar-refractivity contribution in [2.75, 3.05) is 33.3 Å². The first-order chi connectivity index (χ1) is 16.7. The Morgan fingerprint density at radius 3 is 2.60 bits per heavy atom. The van der Waals surface area contributed by atoms with Crippen molar-refractivity contribution in [2.24, 2.45) is 11.6 Å². The van der Waals surface area contributed by atoms with Crippen molar-refractivity contribution in [3.8, 4) is 17.0 Å². The van der Waals surface area contributed by atoms with Gasteiger partial charge in [0.2, 0.25) is 0 Å². The van der Waals surface area contributed by atoms with Gasteiger partial charge in [-0.05, 0) is 37.3 Å². The molecule has 0 unspecified atom stereocenters. The molecule has 0 saturated carbocycles. The monoisotopic (exact) mass is 486 g/mol. The Balaban J connectivity index is 1.61. The number of ether oxygens (including phenoxy) is 1. The van der Waals surface area contributed by atoms with E-state index in [1.165, 1.54) is 11.1 Å². The van der Waals surface area contributed by atoms with Crippen molar-refractivity contribution in [3.63, 3.8) is 0 Å². The molecule has 0 saturated heterocycles. The second kappa shape index (κ2) is 10.4. The zero-order chi connectivity index (χ0) is 25.2. The molecule has 0 radical (unpaired) electrons. The van der Waals surface area contributed by atoms with Crippen LogP contribution in [-0.2, 0) is 18.7 Å². The highest BCUT2D eigenvalue weighted by Crippen LogP contribution is 2.34. The quantitative estimate of drug-likeness (QED) is 0.314. The summed E-state index contributed by atoms with van der Waals surface area (Å²) in [6, 6.07) is 10.3. The normalized spacial score (nSPS) is 16.7. The number of imidazole rings is 1. The van der Waals surface area contributed by atoms with Crippen molar-refractivity contribution < 1.29 is 18.6 Å². The van der Waals surface area contributed by atoms with Crippen molar-refractivity contribution in [1.82, 2.24) is 19.5 Å². The van der Waals surface area contributed by atoms with E-state index in [2.05, 4.69) is 4.57 Å². The molecule has 0 fully saturated rings. The molecule has 0 bridgehead atoms. The molecule has 10 heteroatoms. The number of halogens is 2. The van der Waals surface area contributed by atoms with Gasteiger partial charge in [0.15, 0.2) is 0 Å². The van der Waals surface area contributed by atoms with Gasteiger partial charge < -0.3 is 20.1 Å². The van der Waals surface area contributed by atoms with Gasteiger partial charge in [-0.3, -0.25) is 10.7 Å². The summed E-state index contributed by atoms with van der Waals surface area (Å²) in [7, 11) is 1.62. The van der Waals surface area contributed by atoms with E-state index in [9.17, 15) is 13.9 Å². The minimum absolute atomic E-state index is 0.00768. The van der Waals surface area contributed by atoms with Gasteiger partial charge in [0.1, 0.15) is 28.8 Å². The Labute approximate surface area is 203 Å². The van der Waals surface area contributed by atoms with Gasteiger partial charge in [-0.25, -0.2) is 18.8 Å². The summed E-state index contributed by atoms with van der Waals surface area (Å²) in [5.41, 5.74) is 5.71. The van der Waals surface area contributed by atoms with Gasteiger partial charge in [-0.15, -0.1) is 0 Å². The number of hydrogen-bond acceptors (Lipinski definition) is 7. The molecular weight excluding hydrogens is 454 g/mol. The number of aliphatic hydroxyl groups is 1. The van der Waals surface area contributed by atoms with Crippen LogP contribution in [0.2, 0.25) is 0 Å². The summed E-state index contributed by atoms with van der Waals surface area (Å²) < 4.78 is 35.8. The Kier molecular flexibility index (Phi) is 7.48. The average Bonchev–Trinajstić information content (AvgIpc) is 3.27. The lowest BCUT2D eigenvalue weighted by Crippen LogP contribution is -2.58. The van der Waals surface area contributed by atoms with Crippen molar-refractivity contribution >= 4 is 0 Å². The fourth-order valence-corrected chi connectivity index (χ4v) is 4.64. The Bertz CT molecular complexity index is 1160. The molecular formula is C25H32F2N6O2. The van der Waals surface area contributed by atoms with E-state index in [4.69, 9.17) is 21.3 Å². The van der Waals surface area contributed by atoms with Crippen molar-refractivity contribution in [2.45, 2.75) is 31.7 Å². The summed E-state index contributed by atoms with van der Waals surface area (Å²) in [5.74, 6) is 6.15. The molecule has 1 aliphatic rings. The minimum Gasteiger partial charge on any atom is -0.497 e. The standard InChI is InChI=1S/C25H32F2N6O2/c1-17(25(34,16-33(29)10-9-28)21-8-5-19(26)13-22(21)27)31-11-12-32-14-23(30-24(32)15-31)18-3-6-20(35-2)7-4-18/h3-8,13-14,17,34H,9-12,15-16,28-29H2,1-2H3/t17-,25-/m1/s1. The predicted molar refractivity (Wildman–Crippen MR) is 129 cm³/mol. The van der Waals surface area contributed by atoms with E-state index in [1.54, 1.807) is 7.11 Å². The highest BCUT2D eigenvalue weighted by atomic mass is 19.1. The summed E-state index contributed by atoms with van der Waals surface area (Å²) in [6.07, 6.45) is 2.01. The molecule has 0 amide bonds. The van der Waals surface area contributed by atoms with Gasteiger partial charge in [-0.2, -0.15) is 0 Å². The van der Waals surface area contributed by atoms with E-state index >= 15 is 0 Å². The molecule has 2 atom stereocenters. The molecule has 188 valence electrons. The van der Waals surface area contributed by atoms with Crippen LogP contribution in [0.1, 0.15) is 18.3 Å². The van der Waals surface area contributed by atoms with Crippen LogP contribution in [0.15, 0.2) is 48.7 Å². The summed E-state index contributed by atoms with van der Waals surface area (Å²) in [6.45, 7) is 4.05. The lowest BCUT2D eigenvalue weighted by molar-refractivity contribution is -0.0771. The highest BCUT2D eigenvalue weighted by molar-refractivity contribution is 5.59. The third-order valence-electron chi connectivity index (χ3n) is 6.71. The third-order valence-corrected chi connectivity index (χ3v) is 6.71. The first kappa shape index (κ1) is 25.2. The fourth-order valence-electron chi connectivity index (χ4n) is 4.64. The lowest BCUT2D eigenvalue weighted by atomic mass is 9.85. The maximum Gasteiger partial charge on any atom is 0.132 e. The molecule has 35 heavy (non-hydrogen) atoms. The molecule has 8 nitrogen and oxygen atoms in total. The number of nitrogens with two attached hydrogens (primary N) is 2. The predicted octanol–water partition coefficient (Wildman–Crippen LogP) is 2.06. The molecule has 0 aliphatic carbocycles. The second-order valence-corrected chi connectivity index (χ2v) is 8.92. The van der Waals surface area contributed by atoms with Crippen LogP contribution in [0.25, 0.3) is 11.3 Å². The molecule has 3 aromatic rings. The van der Waals surface area contributed by atoms with Crippen LogP contribution >= 0.6 is 0 Å². The zero-order valence-corrected chi connectivity index (χ0v) is 20.0. The van der Waals surface area contributed by atoms with E-state index in [0.717, 1.165) is 35.0 Å². The first-order valence-corrected chi connectivity index (χ1v) is 11.6. The van der Waals surface area contributed by atoms with Crippen LogP contribution in [-0.4, -0.2) is 63.9 Å². The highest BCUT2D eigenvalue weighted by Gasteiger charge is 2.43. The molecule has 5 N–H and O–H groups in total. The third kappa shape index (κ3) is 5.21. The number of methoxy groups -OCH3 is 1. The Hall–Kier alpha value is -2.89. The van der Waals surface area contributed by atoms with Crippen LogP contribution in [0, 0.1) is 11.6 Å². The lowest BCUT2D eigenvalue weighted by Gasteiger charge is -2.44. The van der Waals surface area contributed by atoms with Crippen LogP contribution < -0.4 is 16.3 Å². The SMILES string of the molecule is COc1ccc(-c2cn3c(n2)CN([C@H](C)[C@](O)(CN(N)CCN)c2ccc(F)cc2F)CC3)cc1. The van der Waals surface area contributed by atoms with Crippen molar-refractivity contribution in [1.29, 1.82) is 0 Å². The van der Waals surface area contributed by atoms with Crippen LogP contribution in [0.3, 0.4) is 0 Å². The number of benzene rings is 2. The average molecular weight is 487 g/mol. The smallest absolute Gasteiger partial charge is 0.132 e. The second-order valence-electron chi connectivity index (χ2n) is 8.92. The minimum atomic E-state index is -1.71. The molecule has 2 heterocycles. The Morgan fingerprint density at radius 2 is 1.94 bits per heavy atom. The molecule has 1 aromatic heterocycles. The van der Waals surface area contributed by atoms with E-state index in [-0.39, 0.29) is 18.7 Å². The molecule has 2 aromatic carbocycles. The molecule has 0 spiro atoms. The summed E-state index contributed by atoms with van der Waals surface area (Å²) in [4.78, 5) is 6.85. The first-order valence-electron chi connectivity index (χ1n) is 11.6. The number of nitrogens with zero attached hydrogens (tertiary/aromatic N) is 4. The van der Waals surface area contributed by atoms with E-state index < -0.39 is 23.3 Å². The maximum absolute atomic E-state index is 14.9. The largest absolute Gasteiger partial charge is 0.497 e. The fraction of sp³-hybridized carbons (Fsp3) is 0.400. The number of fused-ring (bicyclic) bond motifs is 1. The van der Waals surface area contributed by atoms with E-state index in [1.807, 2.05) is 42.3 Å². The Morgan fingerprint density at radius 1 is 1.20 bits per heavy atom. The topological polar surface area (TPSA) is 106 Å². The van der Waals surface area contributed by atoms with Crippen LogP contribution in [0.5, 0.6) is 5.75 Å².